The number of anilines is 1. The average molecular weight is 704 g/mol. The maximum absolute atomic E-state index is 14.5. The lowest BCUT2D eigenvalue weighted by Gasteiger charge is -2.53. The van der Waals surface area contributed by atoms with Crippen LogP contribution in [-0.2, 0) is 14.3 Å². The summed E-state index contributed by atoms with van der Waals surface area (Å²) in [6.45, 7) is 4.59. The number of ether oxygens (including phenoxy) is 1. The number of hydrogen-bond donors (Lipinski definition) is 3. The Kier molecular flexibility index (Phi) is 10.7. The van der Waals surface area contributed by atoms with Gasteiger partial charge in [-0.3, -0.25) is 9.59 Å². The first-order chi connectivity index (χ1) is 25.2. The van der Waals surface area contributed by atoms with E-state index in [0.717, 1.165) is 71.9 Å². The summed E-state index contributed by atoms with van der Waals surface area (Å²) in [4.78, 5) is 41.2. The van der Waals surface area contributed by atoms with Gasteiger partial charge in [0.15, 0.2) is 0 Å². The second-order valence-electron chi connectivity index (χ2n) is 15.6. The van der Waals surface area contributed by atoms with E-state index in [2.05, 4.69) is 56.3 Å². The molecule has 0 spiro atoms. The highest BCUT2D eigenvalue weighted by Crippen LogP contribution is 2.54. The third-order valence-corrected chi connectivity index (χ3v) is 11.8. The normalized spacial score (nSPS) is 25.2. The lowest BCUT2D eigenvalue weighted by atomic mass is 9.55. The number of hydrazine groups is 1. The summed E-state index contributed by atoms with van der Waals surface area (Å²) in [5.41, 5.74) is 3.82. The number of para-hydroxylation sites is 1. The van der Waals surface area contributed by atoms with Crippen molar-refractivity contribution in [3.05, 3.63) is 108 Å². The number of carbonyl (C=O) groups excluding carboxylic acids is 3. The molecule has 1 aliphatic heterocycles. The minimum atomic E-state index is -1.38. The van der Waals surface area contributed by atoms with E-state index in [-0.39, 0.29) is 31.0 Å². The van der Waals surface area contributed by atoms with Crippen LogP contribution in [0.15, 0.2) is 91.0 Å². The van der Waals surface area contributed by atoms with Crippen LogP contribution in [0.1, 0.15) is 81.5 Å². The van der Waals surface area contributed by atoms with E-state index in [1.807, 2.05) is 74.6 Å². The van der Waals surface area contributed by atoms with Crippen molar-refractivity contribution in [3.63, 3.8) is 0 Å². The van der Waals surface area contributed by atoms with Gasteiger partial charge >= 0.3 is 6.09 Å². The molecule has 9 nitrogen and oxygen atoms in total. The summed E-state index contributed by atoms with van der Waals surface area (Å²) in [5.74, 6) is 1.89. The summed E-state index contributed by atoms with van der Waals surface area (Å²) >= 11 is 0. The Morgan fingerprint density at radius 3 is 2.17 bits per heavy atom. The number of nitrogens with one attached hydrogen (secondary N) is 3. The van der Waals surface area contributed by atoms with Gasteiger partial charge in [-0.15, -0.1) is 0 Å². The molecule has 3 N–H and O–H groups in total. The molecular formula is C43H53N5O4. The van der Waals surface area contributed by atoms with Crippen molar-refractivity contribution in [2.75, 3.05) is 31.7 Å². The Bertz CT molecular complexity index is 1740. The molecule has 2 atom stereocenters. The van der Waals surface area contributed by atoms with Gasteiger partial charge in [0.1, 0.15) is 11.6 Å². The second-order valence-corrected chi connectivity index (χ2v) is 15.6. The van der Waals surface area contributed by atoms with E-state index >= 15 is 0 Å². The molecule has 274 valence electrons. The van der Waals surface area contributed by atoms with Crippen LogP contribution in [0.3, 0.4) is 0 Å². The molecule has 4 bridgehead atoms. The Hall–Kier alpha value is -4.63. The first kappa shape index (κ1) is 35.8. The summed E-state index contributed by atoms with van der Waals surface area (Å²) in [7, 11) is 2.00. The van der Waals surface area contributed by atoms with Crippen LogP contribution in [-0.4, -0.2) is 61.2 Å². The molecule has 5 aliphatic rings. The predicted octanol–water partition coefficient (Wildman–Crippen LogP) is 6.87. The Labute approximate surface area is 308 Å². The van der Waals surface area contributed by atoms with Crippen molar-refractivity contribution in [1.82, 2.24) is 21.0 Å². The number of nitrogens with zero attached hydrogens (tertiary/aromatic N) is 2. The predicted molar refractivity (Wildman–Crippen MR) is 204 cm³/mol. The van der Waals surface area contributed by atoms with Crippen molar-refractivity contribution >= 4 is 29.2 Å². The van der Waals surface area contributed by atoms with Crippen molar-refractivity contribution in [1.29, 1.82) is 0 Å². The van der Waals surface area contributed by atoms with Gasteiger partial charge in [0, 0.05) is 32.1 Å². The molecule has 0 radical (unpaired) electrons. The van der Waals surface area contributed by atoms with Gasteiger partial charge in [-0.2, -0.15) is 0 Å². The molecule has 9 heteroatoms. The fourth-order valence-corrected chi connectivity index (χ4v) is 9.43. The summed E-state index contributed by atoms with van der Waals surface area (Å²) in [5, 5.41) is 13.5. The zero-order chi connectivity index (χ0) is 36.2. The summed E-state index contributed by atoms with van der Waals surface area (Å²) in [6.07, 6.45) is 8.47. The highest BCUT2D eigenvalue weighted by atomic mass is 16.6. The fraction of sp³-hybridized carbons (Fsp3) is 0.465. The molecule has 8 rings (SSSR count). The number of hydrogen-bond acceptors (Lipinski definition) is 6. The molecule has 4 saturated carbocycles. The highest BCUT2D eigenvalue weighted by Gasteiger charge is 2.50. The molecule has 1 heterocycles. The quantitative estimate of drug-likeness (QED) is 0.190. The third kappa shape index (κ3) is 7.75. The standard InChI is InChI=1S/C43H53N5O4/c1-4-13-39(49)45-37(32-16-9-6-10-17-32)27-44-41(50)43(2,46-42(51)52-40-33-23-29-22-30(25-33)26-34(40)24-29)28-48-21-20-35(31-14-7-5-8-15-31)36-18-11-12-19-38(36)47(48)3/h5-12,14-20,29-30,33-34,37,40H,4,13,21-28H2,1-3H3,(H,44,50)(H,45,49)(H,46,51). The van der Waals surface area contributed by atoms with Crippen LogP contribution < -0.4 is 21.0 Å². The van der Waals surface area contributed by atoms with Crippen molar-refractivity contribution in [2.24, 2.45) is 23.7 Å². The van der Waals surface area contributed by atoms with Gasteiger partial charge in [0.05, 0.1) is 18.3 Å². The van der Waals surface area contributed by atoms with Crippen molar-refractivity contribution in [2.45, 2.75) is 76.5 Å². The topological polar surface area (TPSA) is 103 Å². The van der Waals surface area contributed by atoms with E-state index in [4.69, 9.17) is 4.74 Å². The second kappa shape index (κ2) is 15.5. The lowest BCUT2D eigenvalue weighted by Crippen LogP contribution is -2.65. The van der Waals surface area contributed by atoms with Crippen LogP contribution in [0.25, 0.3) is 5.57 Å². The molecule has 0 aromatic heterocycles. The largest absolute Gasteiger partial charge is 0.446 e. The van der Waals surface area contributed by atoms with Crippen LogP contribution in [0, 0.1) is 23.7 Å². The third-order valence-electron chi connectivity index (χ3n) is 11.8. The monoisotopic (exact) mass is 703 g/mol. The van der Waals surface area contributed by atoms with Crippen molar-refractivity contribution in [3.8, 4) is 0 Å². The molecule has 3 aromatic carbocycles. The zero-order valence-corrected chi connectivity index (χ0v) is 30.7. The molecule has 3 aromatic rings. The molecule has 4 aliphatic carbocycles. The number of fused-ring (bicyclic) bond motifs is 1. The van der Waals surface area contributed by atoms with Gasteiger partial charge in [-0.1, -0.05) is 91.9 Å². The lowest BCUT2D eigenvalue weighted by molar-refractivity contribution is -0.129. The van der Waals surface area contributed by atoms with E-state index < -0.39 is 17.7 Å². The van der Waals surface area contributed by atoms with Gasteiger partial charge in [0.2, 0.25) is 11.8 Å². The van der Waals surface area contributed by atoms with Crippen molar-refractivity contribution < 1.29 is 19.1 Å². The van der Waals surface area contributed by atoms with E-state index in [9.17, 15) is 14.4 Å². The maximum atomic E-state index is 14.5. The number of amides is 3. The summed E-state index contributed by atoms with van der Waals surface area (Å²) < 4.78 is 6.29. The first-order valence-corrected chi connectivity index (χ1v) is 19.2. The van der Waals surface area contributed by atoms with Gasteiger partial charge < -0.3 is 25.7 Å². The minimum Gasteiger partial charge on any atom is -0.446 e. The fourth-order valence-electron chi connectivity index (χ4n) is 9.43. The summed E-state index contributed by atoms with van der Waals surface area (Å²) in [6, 6.07) is 27.8. The number of rotatable bonds is 12. The van der Waals surface area contributed by atoms with Crippen LogP contribution in [0.4, 0.5) is 10.5 Å². The number of alkyl carbamates (subject to hydrolysis) is 1. The molecule has 52 heavy (non-hydrogen) atoms. The number of carbonyl (C=O) groups is 3. The molecular weight excluding hydrogens is 651 g/mol. The van der Waals surface area contributed by atoms with Gasteiger partial charge in [-0.25, -0.2) is 9.80 Å². The van der Waals surface area contributed by atoms with Gasteiger partial charge in [-0.05, 0) is 91.9 Å². The van der Waals surface area contributed by atoms with E-state index in [1.54, 1.807) is 6.92 Å². The highest BCUT2D eigenvalue weighted by molar-refractivity contribution is 5.90. The van der Waals surface area contributed by atoms with E-state index in [1.165, 1.54) is 6.42 Å². The van der Waals surface area contributed by atoms with Crippen LogP contribution in [0.5, 0.6) is 0 Å². The molecule has 0 saturated heterocycles. The van der Waals surface area contributed by atoms with Crippen LogP contribution in [0.2, 0.25) is 0 Å². The minimum absolute atomic E-state index is 0.0726. The van der Waals surface area contributed by atoms with Crippen LogP contribution >= 0.6 is 0 Å². The Balaban J connectivity index is 1.15. The van der Waals surface area contributed by atoms with E-state index in [0.29, 0.717) is 24.8 Å². The maximum Gasteiger partial charge on any atom is 0.408 e. The number of benzene rings is 3. The molecule has 3 amide bonds. The Morgan fingerprint density at radius 2 is 1.50 bits per heavy atom. The average Bonchev–Trinajstić information content (AvgIpc) is 3.27. The SMILES string of the molecule is CCCC(=O)NC(CNC(=O)C(C)(CN1CC=C(c2ccccc2)c2ccccc2N1C)NC(=O)OC1C2CC3CC(C2)CC1C3)c1ccccc1. The molecule has 2 unspecified atom stereocenters. The first-order valence-electron chi connectivity index (χ1n) is 19.2. The smallest absolute Gasteiger partial charge is 0.408 e. The Morgan fingerprint density at radius 1 is 0.865 bits per heavy atom. The van der Waals surface area contributed by atoms with Gasteiger partial charge in [0.25, 0.3) is 0 Å². The molecule has 4 fully saturated rings. The zero-order valence-electron chi connectivity index (χ0n) is 30.7.